The van der Waals surface area contributed by atoms with Crippen LogP contribution in [0.2, 0.25) is 0 Å². The topological polar surface area (TPSA) is 249 Å². The Morgan fingerprint density at radius 3 is 1.91 bits per heavy atom. The van der Waals surface area contributed by atoms with Gasteiger partial charge in [-0.1, -0.05) is 51.0 Å². The summed E-state index contributed by atoms with van der Waals surface area (Å²) < 4.78 is 45.6. The average molecular weight is 912 g/mol. The van der Waals surface area contributed by atoms with Crippen LogP contribution in [0.5, 0.6) is 0 Å². The highest BCUT2D eigenvalue weighted by molar-refractivity contribution is 5.98. The fourth-order valence-electron chi connectivity index (χ4n) is 5.39. The molecule has 22 nitrogen and oxygen atoms in total. The van der Waals surface area contributed by atoms with Gasteiger partial charge in [-0.3, -0.25) is 24.6 Å². The molecular formula is C42H73N9O13. The Bertz CT molecular complexity index is 1520. The summed E-state index contributed by atoms with van der Waals surface area (Å²) in [4.78, 5) is 45.2. The summed E-state index contributed by atoms with van der Waals surface area (Å²) in [5, 5.41) is 32.8. The fourth-order valence-corrected chi connectivity index (χ4v) is 5.39. The summed E-state index contributed by atoms with van der Waals surface area (Å²) in [5.41, 5.74) is 1.87. The van der Waals surface area contributed by atoms with E-state index in [1.165, 1.54) is 0 Å². The van der Waals surface area contributed by atoms with Gasteiger partial charge in [-0.2, -0.15) is 0 Å². The maximum atomic E-state index is 13.2. The number of carbonyl (C=O) groups excluding carboxylic acids is 3. The zero-order chi connectivity index (χ0) is 46.6. The lowest BCUT2D eigenvalue weighted by Crippen LogP contribution is -2.55. The normalized spacial score (nSPS) is 12.9. The average Bonchev–Trinajstić information content (AvgIpc) is 3.74. The minimum absolute atomic E-state index is 0.0901. The molecule has 0 bridgehead atoms. The van der Waals surface area contributed by atoms with Gasteiger partial charge in [0.2, 0.25) is 18.2 Å². The number of aliphatic hydroxyl groups is 1. The van der Waals surface area contributed by atoms with E-state index < -0.39 is 30.3 Å². The number of amides is 3. The van der Waals surface area contributed by atoms with Gasteiger partial charge in [-0.25, -0.2) is 4.68 Å². The second kappa shape index (κ2) is 36.1. The van der Waals surface area contributed by atoms with Crippen molar-refractivity contribution in [3.05, 3.63) is 41.7 Å². The monoisotopic (exact) mass is 912 g/mol. The predicted octanol–water partition coefficient (Wildman–Crippen LogP) is 0.882. The molecule has 3 atom stereocenters. The van der Waals surface area contributed by atoms with Crippen LogP contribution >= 0.6 is 0 Å². The van der Waals surface area contributed by atoms with E-state index in [0.717, 1.165) is 12.0 Å². The molecule has 0 spiro atoms. The number of benzene rings is 1. The van der Waals surface area contributed by atoms with E-state index in [9.17, 15) is 19.5 Å². The van der Waals surface area contributed by atoms with Crippen LogP contribution in [0.15, 0.2) is 35.6 Å². The highest BCUT2D eigenvalue weighted by atomic mass is 16.6. The molecular weight excluding hydrogens is 839 g/mol. The van der Waals surface area contributed by atoms with E-state index in [-0.39, 0.29) is 31.6 Å². The van der Waals surface area contributed by atoms with Crippen molar-refractivity contribution in [2.75, 3.05) is 119 Å². The number of oxime groups is 1. The molecule has 0 saturated carbocycles. The van der Waals surface area contributed by atoms with Crippen molar-refractivity contribution in [2.45, 2.75) is 78.2 Å². The molecule has 64 heavy (non-hydrogen) atoms. The number of hydrogen-bond acceptors (Lipinski definition) is 18. The summed E-state index contributed by atoms with van der Waals surface area (Å²) in [5.74, 6) is -1.65. The van der Waals surface area contributed by atoms with Crippen LogP contribution in [-0.2, 0) is 76.8 Å². The number of aliphatic hydroxyl groups excluding tert-OH is 1. The van der Waals surface area contributed by atoms with Crippen molar-refractivity contribution in [1.82, 2.24) is 35.8 Å². The second-order valence-corrected chi connectivity index (χ2v) is 14.9. The number of rotatable bonds is 41. The number of unbranched alkanes of at least 4 members (excludes halogenated alkanes) is 1. The first kappa shape index (κ1) is 55.9. The molecule has 0 radical (unpaired) electrons. The van der Waals surface area contributed by atoms with Crippen molar-refractivity contribution in [1.29, 1.82) is 0 Å². The molecule has 1 aromatic carbocycles. The van der Waals surface area contributed by atoms with Crippen LogP contribution in [0.4, 0.5) is 5.69 Å². The molecule has 5 N–H and O–H groups in total. The summed E-state index contributed by atoms with van der Waals surface area (Å²) >= 11 is 0. The summed E-state index contributed by atoms with van der Waals surface area (Å²) in [6.45, 7) is 16.0. The van der Waals surface area contributed by atoms with E-state index in [2.05, 4.69) is 48.3 Å². The lowest BCUT2D eigenvalue weighted by atomic mass is 10.0. The molecule has 0 aliphatic rings. The third kappa shape index (κ3) is 27.9. The van der Waals surface area contributed by atoms with E-state index in [0.29, 0.717) is 123 Å². The molecule has 2 unspecified atom stereocenters. The van der Waals surface area contributed by atoms with Crippen LogP contribution in [0, 0.1) is 5.92 Å². The second-order valence-electron chi connectivity index (χ2n) is 14.9. The van der Waals surface area contributed by atoms with Gasteiger partial charge in [-0.15, -0.1) is 10.3 Å². The van der Waals surface area contributed by atoms with Crippen LogP contribution in [-0.4, -0.2) is 181 Å². The van der Waals surface area contributed by atoms with Gasteiger partial charge in [0, 0.05) is 25.1 Å². The van der Waals surface area contributed by atoms with Gasteiger partial charge in [0.25, 0.3) is 5.91 Å². The molecule has 2 aromatic rings. The Morgan fingerprint density at radius 2 is 1.38 bits per heavy atom. The SMILES string of the molecule is C=NOCC(=O)N[C@H](C(=O)NC(CCCC)C(=O)Nc1ccc(COC(O)NCc2cn(CCOCCOCCOCCOCCOCCOCCOCN(C)C)nn2)cc1)C(C)C. The summed E-state index contributed by atoms with van der Waals surface area (Å²) in [6.07, 6.45) is 2.41. The highest BCUT2D eigenvalue weighted by Crippen LogP contribution is 2.13. The van der Waals surface area contributed by atoms with Crippen LogP contribution in [0.25, 0.3) is 0 Å². The zero-order valence-corrected chi connectivity index (χ0v) is 38.3. The van der Waals surface area contributed by atoms with Gasteiger partial charge >= 0.3 is 0 Å². The molecule has 364 valence electrons. The van der Waals surface area contributed by atoms with Crippen LogP contribution < -0.4 is 21.3 Å². The molecule has 1 heterocycles. The Kier molecular flexibility index (Phi) is 31.5. The molecule has 1 aromatic heterocycles. The number of carbonyl (C=O) groups is 3. The number of ether oxygens (including phenoxy) is 8. The molecule has 2 rings (SSSR count). The molecule has 22 heteroatoms. The maximum Gasteiger partial charge on any atom is 0.261 e. The Hall–Kier alpha value is -4.20. The zero-order valence-electron chi connectivity index (χ0n) is 38.3. The third-order valence-electron chi connectivity index (χ3n) is 8.75. The molecule has 0 aliphatic carbocycles. The van der Waals surface area contributed by atoms with Gasteiger partial charge in [0.05, 0.1) is 111 Å². The number of hydrogen-bond donors (Lipinski definition) is 5. The summed E-state index contributed by atoms with van der Waals surface area (Å²) in [7, 11) is 3.89. The lowest BCUT2D eigenvalue weighted by Gasteiger charge is -2.25. The van der Waals surface area contributed by atoms with Gasteiger partial charge in [0.1, 0.15) is 12.1 Å². The van der Waals surface area contributed by atoms with Crippen LogP contribution in [0.3, 0.4) is 0 Å². The van der Waals surface area contributed by atoms with E-state index in [4.69, 9.17) is 37.9 Å². The lowest BCUT2D eigenvalue weighted by molar-refractivity contribution is -0.133. The number of nitrogens with zero attached hydrogens (tertiary/aromatic N) is 5. The van der Waals surface area contributed by atoms with Gasteiger partial charge < -0.3 is 63.8 Å². The predicted molar refractivity (Wildman–Crippen MR) is 236 cm³/mol. The van der Waals surface area contributed by atoms with E-state index in [1.54, 1.807) is 49.0 Å². The molecule has 0 aliphatic heterocycles. The Labute approximate surface area is 377 Å². The molecule has 0 saturated heterocycles. The first-order valence-corrected chi connectivity index (χ1v) is 21.7. The smallest absolute Gasteiger partial charge is 0.261 e. The third-order valence-corrected chi connectivity index (χ3v) is 8.75. The molecule has 0 fully saturated rings. The minimum Gasteiger partial charge on any atom is -0.386 e. The standard InChI is InChI=1S/C42H73N9O13/c1-7-8-9-37(46-41(54)39(33(2)3)47-38(52)31-64-43-4)40(53)45-35-12-10-34(11-13-35)30-63-42(55)44-28-36-29-51(49-48-36)14-15-56-16-17-57-18-19-58-20-21-59-22-23-60-24-25-61-26-27-62-32-50(5)6/h10-13,29,33,37,39,42,44,55H,4,7-9,14-28,30-32H2,1-3,5-6H3,(H,45,53)(H,46,54)(H,47,52)/t37?,39-,42?/m0/s1. The highest BCUT2D eigenvalue weighted by Gasteiger charge is 2.29. The van der Waals surface area contributed by atoms with Gasteiger partial charge in [-0.05, 0) is 44.1 Å². The first-order valence-electron chi connectivity index (χ1n) is 21.7. The first-order chi connectivity index (χ1) is 31.0. The number of anilines is 1. The number of nitrogens with one attached hydrogen (secondary N) is 4. The van der Waals surface area contributed by atoms with Crippen molar-refractivity contribution in [3.63, 3.8) is 0 Å². The van der Waals surface area contributed by atoms with Crippen molar-refractivity contribution < 1.29 is 62.2 Å². The quantitative estimate of drug-likeness (QED) is 0.0269. The van der Waals surface area contributed by atoms with Crippen molar-refractivity contribution >= 4 is 30.1 Å². The largest absolute Gasteiger partial charge is 0.386 e. The molecule has 3 amide bonds. The summed E-state index contributed by atoms with van der Waals surface area (Å²) in [6, 6.07) is 5.21. The Morgan fingerprint density at radius 1 is 0.812 bits per heavy atom. The van der Waals surface area contributed by atoms with Crippen LogP contribution in [0.1, 0.15) is 51.3 Å². The number of aromatic nitrogens is 3. The van der Waals surface area contributed by atoms with E-state index >= 15 is 0 Å². The fraction of sp³-hybridized carbons (Fsp3) is 0.714. The van der Waals surface area contributed by atoms with Gasteiger partial charge in [0.15, 0.2) is 6.61 Å². The van der Waals surface area contributed by atoms with E-state index in [1.807, 2.05) is 25.9 Å². The van der Waals surface area contributed by atoms with Crippen molar-refractivity contribution in [3.8, 4) is 0 Å². The minimum atomic E-state index is -1.27. The van der Waals surface area contributed by atoms with Crippen molar-refractivity contribution in [2.24, 2.45) is 11.1 Å². The maximum absolute atomic E-state index is 13.2. The Balaban J connectivity index is 1.53.